The fourth-order valence-corrected chi connectivity index (χ4v) is 2.16. The van der Waals surface area contributed by atoms with Gasteiger partial charge in [-0.2, -0.15) is 0 Å². The van der Waals surface area contributed by atoms with Crippen LogP contribution in [0, 0.1) is 0 Å². The van der Waals surface area contributed by atoms with E-state index in [1.54, 1.807) is 30.0 Å². The molecule has 1 aromatic rings. The van der Waals surface area contributed by atoms with Gasteiger partial charge in [0.2, 0.25) is 0 Å². The third-order valence-electron chi connectivity index (χ3n) is 2.72. The third-order valence-corrected chi connectivity index (χ3v) is 3.25. The maximum atomic E-state index is 11.9. The van der Waals surface area contributed by atoms with Gasteiger partial charge in [-0.15, -0.1) is 0 Å². The van der Waals surface area contributed by atoms with Crippen molar-refractivity contribution >= 4 is 29.1 Å². The van der Waals surface area contributed by atoms with Crippen molar-refractivity contribution in [2.45, 2.75) is 19.1 Å². The van der Waals surface area contributed by atoms with Gasteiger partial charge in [0.1, 0.15) is 5.75 Å². The van der Waals surface area contributed by atoms with Crippen molar-refractivity contribution in [2.75, 3.05) is 13.1 Å². The number of amides is 1. The maximum Gasteiger partial charge on any atom is 0.263 e. The molecule has 4 nitrogen and oxygen atoms in total. The summed E-state index contributed by atoms with van der Waals surface area (Å²) in [5, 5.41) is 10.0. The first-order valence-electron chi connectivity index (χ1n) is 5.56. The van der Waals surface area contributed by atoms with Crippen molar-refractivity contribution in [1.82, 2.24) is 4.90 Å². The lowest BCUT2D eigenvalue weighted by Crippen LogP contribution is -2.56. The lowest BCUT2D eigenvalue weighted by Gasteiger charge is -2.37. The second-order valence-electron chi connectivity index (χ2n) is 4.23. The van der Waals surface area contributed by atoms with E-state index in [1.807, 2.05) is 0 Å². The van der Waals surface area contributed by atoms with Gasteiger partial charge < -0.3 is 14.7 Å². The van der Waals surface area contributed by atoms with Crippen molar-refractivity contribution in [3.63, 3.8) is 0 Å². The second-order valence-corrected chi connectivity index (χ2v) is 5.08. The molecule has 0 aliphatic carbocycles. The smallest absolute Gasteiger partial charge is 0.263 e. The number of nitrogens with zero attached hydrogens (tertiary/aromatic N) is 1. The Balaban J connectivity index is 1.98. The normalized spacial score (nSPS) is 17.2. The summed E-state index contributed by atoms with van der Waals surface area (Å²) in [7, 11) is 0. The standard InChI is InChI=1S/C12H13Cl2NO3/c1-7(12(17)15-5-9(16)6-15)18-11-3-2-8(13)4-10(11)14/h2-4,7,9,16H,5-6H2,1H3. The molecule has 1 aliphatic rings. The predicted octanol–water partition coefficient (Wildman–Crippen LogP) is 1.96. The first-order valence-corrected chi connectivity index (χ1v) is 6.31. The highest BCUT2D eigenvalue weighted by atomic mass is 35.5. The third kappa shape index (κ3) is 2.88. The Morgan fingerprint density at radius 2 is 2.17 bits per heavy atom. The van der Waals surface area contributed by atoms with Gasteiger partial charge in [0.15, 0.2) is 6.10 Å². The van der Waals surface area contributed by atoms with Crippen LogP contribution in [-0.4, -0.2) is 41.2 Å². The van der Waals surface area contributed by atoms with E-state index in [1.165, 1.54) is 0 Å². The minimum Gasteiger partial charge on any atom is -0.479 e. The average Bonchev–Trinajstić information content (AvgIpc) is 2.27. The molecule has 1 N–H and O–H groups in total. The Labute approximate surface area is 115 Å². The van der Waals surface area contributed by atoms with Gasteiger partial charge in [-0.05, 0) is 25.1 Å². The highest BCUT2D eigenvalue weighted by molar-refractivity contribution is 6.35. The van der Waals surface area contributed by atoms with E-state index in [2.05, 4.69) is 0 Å². The van der Waals surface area contributed by atoms with E-state index in [0.29, 0.717) is 28.9 Å². The Hall–Kier alpha value is -0.970. The number of aliphatic hydroxyl groups is 1. The largest absolute Gasteiger partial charge is 0.479 e. The highest BCUT2D eigenvalue weighted by Crippen LogP contribution is 2.28. The summed E-state index contributed by atoms with van der Waals surface area (Å²) in [6.07, 6.45) is -1.06. The van der Waals surface area contributed by atoms with E-state index >= 15 is 0 Å². The van der Waals surface area contributed by atoms with Gasteiger partial charge in [0.05, 0.1) is 11.1 Å². The molecule has 0 radical (unpaired) electrons. The minimum atomic E-state index is -0.642. The molecule has 1 saturated heterocycles. The molecule has 2 rings (SSSR count). The fraction of sp³-hybridized carbons (Fsp3) is 0.417. The van der Waals surface area contributed by atoms with Crippen LogP contribution in [0.4, 0.5) is 0 Å². The van der Waals surface area contributed by atoms with E-state index in [0.717, 1.165) is 0 Å². The summed E-state index contributed by atoms with van der Waals surface area (Å²) in [5.74, 6) is 0.259. The summed E-state index contributed by atoms with van der Waals surface area (Å²) < 4.78 is 5.49. The van der Waals surface area contributed by atoms with Crippen LogP contribution >= 0.6 is 23.2 Å². The monoisotopic (exact) mass is 289 g/mol. The van der Waals surface area contributed by atoms with Crippen molar-refractivity contribution in [1.29, 1.82) is 0 Å². The number of carbonyl (C=O) groups is 1. The van der Waals surface area contributed by atoms with Gasteiger partial charge in [0.25, 0.3) is 5.91 Å². The zero-order chi connectivity index (χ0) is 13.3. The van der Waals surface area contributed by atoms with Crippen LogP contribution in [0.3, 0.4) is 0 Å². The van der Waals surface area contributed by atoms with Crippen LogP contribution in [0.25, 0.3) is 0 Å². The number of hydrogen-bond acceptors (Lipinski definition) is 3. The number of aliphatic hydroxyl groups excluding tert-OH is 1. The molecule has 1 unspecified atom stereocenters. The molecule has 18 heavy (non-hydrogen) atoms. The van der Waals surface area contributed by atoms with E-state index in [-0.39, 0.29) is 5.91 Å². The molecular formula is C12H13Cl2NO3. The van der Waals surface area contributed by atoms with Crippen LogP contribution in [0.5, 0.6) is 5.75 Å². The minimum absolute atomic E-state index is 0.161. The molecule has 1 fully saturated rings. The van der Waals surface area contributed by atoms with Crippen LogP contribution in [0.1, 0.15) is 6.92 Å². The highest BCUT2D eigenvalue weighted by Gasteiger charge is 2.32. The van der Waals surface area contributed by atoms with Gasteiger partial charge in [-0.1, -0.05) is 23.2 Å². The number of likely N-dealkylation sites (tertiary alicyclic amines) is 1. The predicted molar refractivity (Wildman–Crippen MR) is 69.1 cm³/mol. The van der Waals surface area contributed by atoms with Gasteiger partial charge in [0, 0.05) is 18.1 Å². The molecule has 6 heteroatoms. The summed E-state index contributed by atoms with van der Waals surface area (Å²) in [4.78, 5) is 13.4. The molecule has 1 heterocycles. The van der Waals surface area contributed by atoms with Gasteiger partial charge in [-0.25, -0.2) is 0 Å². The molecule has 1 amide bonds. The first kappa shape index (κ1) is 13.5. The van der Waals surface area contributed by atoms with Gasteiger partial charge in [-0.3, -0.25) is 4.79 Å². The zero-order valence-electron chi connectivity index (χ0n) is 9.77. The summed E-state index contributed by atoms with van der Waals surface area (Å²) in [6.45, 7) is 2.37. The first-order chi connectivity index (χ1) is 8.47. The van der Waals surface area contributed by atoms with E-state index in [9.17, 15) is 4.79 Å². The maximum absolute atomic E-state index is 11.9. The average molecular weight is 290 g/mol. The summed E-state index contributed by atoms with van der Waals surface area (Å²) >= 11 is 11.7. The number of hydrogen-bond donors (Lipinski definition) is 1. The van der Waals surface area contributed by atoms with Crippen LogP contribution in [0.15, 0.2) is 18.2 Å². The van der Waals surface area contributed by atoms with E-state index < -0.39 is 12.2 Å². The number of rotatable bonds is 3. The number of benzene rings is 1. The quantitative estimate of drug-likeness (QED) is 0.926. The Morgan fingerprint density at radius 3 is 2.72 bits per heavy atom. The fourth-order valence-electron chi connectivity index (χ4n) is 1.70. The second kappa shape index (κ2) is 5.34. The molecule has 98 valence electrons. The van der Waals surface area contributed by atoms with Crippen molar-refractivity contribution in [3.8, 4) is 5.75 Å². The van der Waals surface area contributed by atoms with E-state index in [4.69, 9.17) is 33.0 Å². The van der Waals surface area contributed by atoms with Crippen LogP contribution in [-0.2, 0) is 4.79 Å². The number of ether oxygens (including phenoxy) is 1. The molecule has 1 atom stereocenters. The summed E-state index contributed by atoms with van der Waals surface area (Å²) in [6, 6.07) is 4.83. The molecule has 0 saturated carbocycles. The van der Waals surface area contributed by atoms with Crippen molar-refractivity contribution < 1.29 is 14.6 Å². The van der Waals surface area contributed by atoms with Crippen molar-refractivity contribution in [3.05, 3.63) is 28.2 Å². The molecule has 0 bridgehead atoms. The Bertz CT molecular complexity index is 461. The molecule has 1 aliphatic heterocycles. The molecule has 0 aromatic heterocycles. The molecular weight excluding hydrogens is 277 g/mol. The van der Waals surface area contributed by atoms with Crippen molar-refractivity contribution in [2.24, 2.45) is 0 Å². The van der Waals surface area contributed by atoms with Crippen LogP contribution < -0.4 is 4.74 Å². The van der Waals surface area contributed by atoms with Crippen LogP contribution in [0.2, 0.25) is 10.0 Å². The SMILES string of the molecule is CC(Oc1ccc(Cl)cc1Cl)C(=O)N1CC(O)C1. The molecule has 1 aromatic carbocycles. The Kier molecular flexibility index (Phi) is 4.00. The number of halogens is 2. The number of carbonyl (C=O) groups excluding carboxylic acids is 1. The topological polar surface area (TPSA) is 49.8 Å². The lowest BCUT2D eigenvalue weighted by atomic mass is 10.1. The Morgan fingerprint density at radius 1 is 1.50 bits per heavy atom. The van der Waals surface area contributed by atoms with Gasteiger partial charge >= 0.3 is 0 Å². The number of β-amino-alcohol motifs (C(OH)–C–C–N with tert-alkyl or cyclic N) is 1. The molecule has 0 spiro atoms. The zero-order valence-corrected chi connectivity index (χ0v) is 11.3. The lowest BCUT2D eigenvalue weighted by molar-refractivity contribution is -0.148. The summed E-state index contributed by atoms with van der Waals surface area (Å²) in [5.41, 5.74) is 0.